The van der Waals surface area contributed by atoms with Gasteiger partial charge in [-0.1, -0.05) is 0 Å². The first kappa shape index (κ1) is 24.4. The van der Waals surface area contributed by atoms with Gasteiger partial charge in [-0.05, 0) is 13.8 Å². The van der Waals surface area contributed by atoms with E-state index in [-0.39, 0.29) is 0 Å². The van der Waals surface area contributed by atoms with Crippen LogP contribution in [0.4, 0.5) is 57.5 Å². The van der Waals surface area contributed by atoms with E-state index in [4.69, 9.17) is 0 Å². The Labute approximate surface area is 137 Å². The lowest BCUT2D eigenvalue weighted by atomic mass is 9.94. The fourth-order valence-electron chi connectivity index (χ4n) is 1.24. The minimum Gasteiger partial charge on any atom is -0.432 e. The number of hydrogen-bond acceptors (Lipinski definition) is 3. The van der Waals surface area contributed by atoms with E-state index in [1.165, 1.54) is 0 Å². The van der Waals surface area contributed by atoms with Gasteiger partial charge in [-0.15, -0.1) is 0 Å². The summed E-state index contributed by atoms with van der Waals surface area (Å²) < 4.78 is 161. The van der Waals surface area contributed by atoms with Gasteiger partial charge >= 0.3 is 42.2 Å². The number of hydrogen-bond donors (Lipinski definition) is 0. The molecule has 0 saturated carbocycles. The van der Waals surface area contributed by atoms with E-state index in [1.807, 2.05) is 0 Å². The lowest BCUT2D eigenvalue weighted by Gasteiger charge is -2.38. The third kappa shape index (κ3) is 4.05. The lowest BCUT2D eigenvalue weighted by molar-refractivity contribution is -0.414. The van der Waals surface area contributed by atoms with E-state index in [0.29, 0.717) is 0 Å². The summed E-state index contributed by atoms with van der Waals surface area (Å²) in [6.07, 6.45) is -8.72. The molecule has 0 aliphatic heterocycles. The van der Waals surface area contributed by atoms with E-state index < -0.39 is 54.9 Å². The van der Waals surface area contributed by atoms with E-state index in [9.17, 15) is 57.5 Å². The Morgan fingerprint density at radius 3 is 1.58 bits per heavy atom. The fraction of sp³-hybridized carbons (Fsp3) is 0.909. The molecule has 0 aliphatic carbocycles. The van der Waals surface area contributed by atoms with Crippen molar-refractivity contribution in [1.82, 2.24) is 0 Å². The quantitative estimate of drug-likeness (QED) is 0.412. The van der Waals surface area contributed by atoms with Gasteiger partial charge in [0.05, 0.1) is 6.10 Å². The molecule has 0 saturated heterocycles. The van der Waals surface area contributed by atoms with Crippen molar-refractivity contribution in [1.29, 1.82) is 0 Å². The molecule has 15 heteroatoms. The van der Waals surface area contributed by atoms with Crippen LogP contribution in [0.25, 0.3) is 0 Å². The number of carbonyl (C=O) groups excluding carboxylic acids is 1. The maximum atomic E-state index is 13.2. The van der Waals surface area contributed by atoms with Crippen LogP contribution in [0.5, 0.6) is 0 Å². The number of carbonyl (C=O) groups is 1. The maximum absolute atomic E-state index is 13.2. The number of ether oxygens (including phenoxy) is 2. The molecular weight excluding hydrogens is 408 g/mol. The van der Waals surface area contributed by atoms with E-state index in [2.05, 4.69) is 9.47 Å². The molecule has 0 aromatic heterocycles. The van der Waals surface area contributed by atoms with Gasteiger partial charge in [-0.25, -0.2) is 13.6 Å². The van der Waals surface area contributed by atoms with Gasteiger partial charge in [0.25, 0.3) is 0 Å². The molecule has 26 heavy (non-hydrogen) atoms. The zero-order valence-electron chi connectivity index (χ0n) is 12.6. The first-order valence-corrected chi connectivity index (χ1v) is 6.26. The highest BCUT2D eigenvalue weighted by Gasteiger charge is 2.87. The largest absolute Gasteiger partial charge is 0.508 e. The summed E-state index contributed by atoms with van der Waals surface area (Å²) in [6.45, 7) is -0.748. The molecule has 0 spiro atoms. The zero-order valence-corrected chi connectivity index (χ0v) is 12.6. The summed E-state index contributed by atoms with van der Waals surface area (Å²) in [5, 5.41) is 0. The van der Waals surface area contributed by atoms with Crippen molar-refractivity contribution in [3.63, 3.8) is 0 Å². The molecule has 0 radical (unpaired) electrons. The van der Waals surface area contributed by atoms with Gasteiger partial charge in [0.1, 0.15) is 0 Å². The summed E-state index contributed by atoms with van der Waals surface area (Å²) >= 11 is 0. The molecule has 0 aromatic rings. The molecule has 3 nitrogen and oxygen atoms in total. The number of halogens is 12. The maximum Gasteiger partial charge on any atom is 0.508 e. The SMILES string of the molecule is CC(C)OC(=O)OCC(F)(F)C(F)(F)C(F)(F)C(F)(F)C(F)(F)C(F)F. The van der Waals surface area contributed by atoms with Crippen LogP contribution in [0.15, 0.2) is 0 Å². The Bertz CT molecular complexity index is 503. The molecule has 0 heterocycles. The second kappa shape index (κ2) is 7.21. The van der Waals surface area contributed by atoms with Crippen molar-refractivity contribution in [2.75, 3.05) is 6.61 Å². The highest BCUT2D eigenvalue weighted by molar-refractivity contribution is 5.60. The van der Waals surface area contributed by atoms with Crippen LogP contribution in [0, 0.1) is 0 Å². The molecule has 0 amide bonds. The monoisotopic (exact) mass is 418 g/mol. The van der Waals surface area contributed by atoms with Crippen molar-refractivity contribution >= 4 is 6.16 Å². The van der Waals surface area contributed by atoms with E-state index in [1.54, 1.807) is 0 Å². The van der Waals surface area contributed by atoms with Crippen molar-refractivity contribution in [2.24, 2.45) is 0 Å². The van der Waals surface area contributed by atoms with Crippen LogP contribution in [-0.2, 0) is 9.47 Å². The molecule has 0 bridgehead atoms. The predicted molar refractivity (Wildman–Crippen MR) is 58.3 cm³/mol. The van der Waals surface area contributed by atoms with Gasteiger partial charge in [0.15, 0.2) is 6.61 Å². The van der Waals surface area contributed by atoms with Gasteiger partial charge in [-0.2, -0.15) is 43.9 Å². The third-order valence-electron chi connectivity index (χ3n) is 2.64. The highest BCUT2D eigenvalue weighted by atomic mass is 19.4. The van der Waals surface area contributed by atoms with Crippen molar-refractivity contribution in [3.05, 3.63) is 0 Å². The first-order valence-electron chi connectivity index (χ1n) is 6.26. The Kier molecular flexibility index (Phi) is 6.78. The van der Waals surface area contributed by atoms with Gasteiger partial charge in [0, 0.05) is 0 Å². The molecular formula is C11H10F12O3. The van der Waals surface area contributed by atoms with Gasteiger partial charge in [0.2, 0.25) is 0 Å². The fourth-order valence-corrected chi connectivity index (χ4v) is 1.24. The van der Waals surface area contributed by atoms with Crippen LogP contribution in [0.2, 0.25) is 0 Å². The van der Waals surface area contributed by atoms with Crippen molar-refractivity contribution in [2.45, 2.75) is 56.0 Å². The molecule has 156 valence electrons. The molecule has 0 unspecified atom stereocenters. The van der Waals surface area contributed by atoms with Crippen LogP contribution in [0.1, 0.15) is 13.8 Å². The summed E-state index contributed by atoms with van der Waals surface area (Å²) in [5.41, 5.74) is 0. The van der Waals surface area contributed by atoms with Crippen molar-refractivity contribution in [3.8, 4) is 0 Å². The molecule has 0 fully saturated rings. The van der Waals surface area contributed by atoms with Gasteiger partial charge in [-0.3, -0.25) is 0 Å². The topological polar surface area (TPSA) is 35.5 Å². The van der Waals surface area contributed by atoms with Crippen molar-refractivity contribution < 1.29 is 67.0 Å². The Hall–Kier alpha value is -1.57. The van der Waals surface area contributed by atoms with Crippen LogP contribution in [-0.4, -0.2) is 54.9 Å². The van der Waals surface area contributed by atoms with Crippen LogP contribution < -0.4 is 0 Å². The van der Waals surface area contributed by atoms with Crippen LogP contribution >= 0.6 is 0 Å². The average Bonchev–Trinajstić information content (AvgIpc) is 2.43. The molecule has 0 aromatic carbocycles. The first-order chi connectivity index (χ1) is 11.3. The molecule has 0 atom stereocenters. The molecule has 0 rings (SSSR count). The van der Waals surface area contributed by atoms with E-state index in [0.717, 1.165) is 13.8 Å². The Balaban J connectivity index is 5.70. The Morgan fingerprint density at radius 2 is 1.23 bits per heavy atom. The smallest absolute Gasteiger partial charge is 0.432 e. The molecule has 0 N–H and O–H groups in total. The second-order valence-electron chi connectivity index (χ2n) is 5.06. The predicted octanol–water partition coefficient (Wildman–Crippen LogP) is 4.99. The third-order valence-corrected chi connectivity index (χ3v) is 2.64. The van der Waals surface area contributed by atoms with E-state index >= 15 is 0 Å². The lowest BCUT2D eigenvalue weighted by Crippen LogP contribution is -2.69. The van der Waals surface area contributed by atoms with Gasteiger partial charge < -0.3 is 9.47 Å². The summed E-state index contributed by atoms with van der Waals surface area (Å²) in [4.78, 5) is 10.7. The Morgan fingerprint density at radius 1 is 0.808 bits per heavy atom. The second-order valence-corrected chi connectivity index (χ2v) is 5.06. The average molecular weight is 418 g/mol. The minimum absolute atomic E-state index is 1.05. The highest BCUT2D eigenvalue weighted by Crippen LogP contribution is 2.58. The molecule has 0 aliphatic rings. The number of rotatable bonds is 8. The summed E-state index contributed by atoms with van der Waals surface area (Å²) in [5.74, 6) is -36.0. The summed E-state index contributed by atoms with van der Waals surface area (Å²) in [6, 6.07) is 0. The normalized spacial score (nSPS) is 14.8. The standard InChI is InChI=1S/C11H10F12O3/c1-4(2)26-6(24)25-3-7(14,15)9(18,19)11(22,23)10(20,21)8(16,17)5(12)13/h4-5H,3H2,1-2H3. The summed E-state index contributed by atoms with van der Waals surface area (Å²) in [7, 11) is 0. The number of alkyl halides is 12. The zero-order chi connectivity index (χ0) is 21.4. The van der Waals surface area contributed by atoms with Crippen LogP contribution in [0.3, 0.4) is 0 Å². The minimum atomic E-state index is -7.66.